The lowest BCUT2D eigenvalue weighted by molar-refractivity contribution is 0.315. The Balaban J connectivity index is 2.46. The monoisotopic (exact) mass is 302 g/mol. The Morgan fingerprint density at radius 2 is 2.12 bits per heavy atom. The third kappa shape index (κ3) is 4.47. The maximum atomic E-state index is 5.11. The van der Waals surface area contributed by atoms with Crippen molar-refractivity contribution in [1.29, 1.82) is 0 Å². The van der Waals surface area contributed by atoms with Gasteiger partial charge in [0.05, 0.1) is 17.8 Å². The van der Waals surface area contributed by atoms with Gasteiger partial charge in [-0.1, -0.05) is 13.8 Å². The van der Waals surface area contributed by atoms with Crippen LogP contribution in [-0.2, 0) is 0 Å². The zero-order valence-corrected chi connectivity index (χ0v) is 12.1. The van der Waals surface area contributed by atoms with Gasteiger partial charge in [0.2, 0.25) is 11.8 Å². The molecule has 0 aliphatic heterocycles. The number of likely N-dealkylation sites (N-methyl/N-ethyl adjacent to an activating group) is 1. The Labute approximate surface area is 111 Å². The highest BCUT2D eigenvalue weighted by Crippen LogP contribution is 2.21. The molecule has 1 heterocycles. The molecule has 96 valence electrons. The molecule has 0 saturated heterocycles. The van der Waals surface area contributed by atoms with Gasteiger partial charge in [-0.15, -0.1) is 0 Å². The van der Waals surface area contributed by atoms with E-state index in [0.29, 0.717) is 11.8 Å². The number of ether oxygens (including phenoxy) is 1. The van der Waals surface area contributed by atoms with Crippen LogP contribution in [0.2, 0.25) is 0 Å². The fourth-order valence-corrected chi connectivity index (χ4v) is 1.80. The molecular weight excluding hydrogens is 284 g/mol. The molecule has 0 unspecified atom stereocenters. The number of anilines is 1. The van der Waals surface area contributed by atoms with Crippen LogP contribution >= 0.6 is 15.9 Å². The molecule has 6 heteroatoms. The Hall–Kier alpha value is -0.880. The number of halogens is 1. The van der Waals surface area contributed by atoms with Crippen LogP contribution in [0, 0.1) is 0 Å². The summed E-state index contributed by atoms with van der Waals surface area (Å²) in [7, 11) is 1.59. The van der Waals surface area contributed by atoms with E-state index in [1.807, 2.05) is 0 Å². The summed E-state index contributed by atoms with van der Waals surface area (Å²) in [5, 5.41) is 3.18. The number of nitrogens with zero attached hydrogens (tertiary/aromatic N) is 3. The molecule has 0 fully saturated rings. The standard InChI is InChI=1S/C11H19BrN4O/c1-4-16(5-2)7-6-13-11-14-8-9(12)10(15-11)17-3/h8H,4-7H2,1-3H3,(H,13,14,15). The van der Waals surface area contributed by atoms with Crippen molar-refractivity contribution in [2.24, 2.45) is 0 Å². The van der Waals surface area contributed by atoms with Crippen molar-refractivity contribution >= 4 is 21.9 Å². The highest BCUT2D eigenvalue weighted by Gasteiger charge is 2.05. The molecule has 0 aromatic carbocycles. The molecule has 0 aliphatic carbocycles. The molecule has 1 N–H and O–H groups in total. The van der Waals surface area contributed by atoms with Crippen LogP contribution in [0.3, 0.4) is 0 Å². The fourth-order valence-electron chi connectivity index (χ4n) is 1.45. The lowest BCUT2D eigenvalue weighted by Gasteiger charge is -2.17. The Bertz CT molecular complexity index is 344. The zero-order valence-electron chi connectivity index (χ0n) is 10.5. The average Bonchev–Trinajstić information content (AvgIpc) is 2.36. The maximum absolute atomic E-state index is 5.11. The van der Waals surface area contributed by atoms with Crippen LogP contribution in [0.1, 0.15) is 13.8 Å². The van der Waals surface area contributed by atoms with Gasteiger partial charge in [-0.2, -0.15) is 4.98 Å². The van der Waals surface area contributed by atoms with E-state index in [1.54, 1.807) is 13.3 Å². The zero-order chi connectivity index (χ0) is 12.7. The summed E-state index contributed by atoms with van der Waals surface area (Å²) in [6.45, 7) is 8.23. The Morgan fingerprint density at radius 1 is 1.41 bits per heavy atom. The summed E-state index contributed by atoms with van der Waals surface area (Å²) in [6, 6.07) is 0. The van der Waals surface area contributed by atoms with E-state index >= 15 is 0 Å². The first-order valence-corrected chi connectivity index (χ1v) is 6.53. The number of rotatable bonds is 7. The van der Waals surface area contributed by atoms with Crippen LogP contribution in [0.15, 0.2) is 10.7 Å². The van der Waals surface area contributed by atoms with Crippen molar-refractivity contribution in [3.8, 4) is 5.88 Å². The lowest BCUT2D eigenvalue weighted by Crippen LogP contribution is -2.28. The summed E-state index contributed by atoms with van der Waals surface area (Å²) in [6.07, 6.45) is 1.69. The smallest absolute Gasteiger partial charge is 0.232 e. The Morgan fingerprint density at radius 3 is 2.71 bits per heavy atom. The van der Waals surface area contributed by atoms with Gasteiger partial charge in [-0.25, -0.2) is 4.98 Å². The SMILES string of the molecule is CCN(CC)CCNc1ncc(Br)c(OC)n1. The van der Waals surface area contributed by atoms with Gasteiger partial charge in [0.15, 0.2) is 0 Å². The number of hydrogen-bond acceptors (Lipinski definition) is 5. The topological polar surface area (TPSA) is 50.3 Å². The predicted octanol–water partition coefficient (Wildman–Crippen LogP) is 2.00. The van der Waals surface area contributed by atoms with Gasteiger partial charge < -0.3 is 15.0 Å². The van der Waals surface area contributed by atoms with Crippen molar-refractivity contribution in [3.63, 3.8) is 0 Å². The van der Waals surface area contributed by atoms with Gasteiger partial charge in [0.1, 0.15) is 0 Å². The van der Waals surface area contributed by atoms with Gasteiger partial charge >= 0.3 is 0 Å². The molecule has 1 aromatic rings. The van der Waals surface area contributed by atoms with Gasteiger partial charge in [-0.05, 0) is 29.0 Å². The van der Waals surface area contributed by atoms with E-state index in [9.17, 15) is 0 Å². The van der Waals surface area contributed by atoms with Crippen LogP contribution < -0.4 is 10.1 Å². The third-order valence-corrected chi connectivity index (χ3v) is 3.05. The summed E-state index contributed by atoms with van der Waals surface area (Å²) >= 11 is 3.32. The van der Waals surface area contributed by atoms with E-state index in [0.717, 1.165) is 30.7 Å². The second kappa shape index (κ2) is 7.45. The molecule has 0 saturated carbocycles. The van der Waals surface area contributed by atoms with Crippen LogP contribution in [0.4, 0.5) is 5.95 Å². The first-order chi connectivity index (χ1) is 8.21. The first kappa shape index (κ1) is 14.2. The predicted molar refractivity (Wildman–Crippen MR) is 72.6 cm³/mol. The van der Waals surface area contributed by atoms with E-state index in [2.05, 4.69) is 50.0 Å². The second-order valence-electron chi connectivity index (χ2n) is 3.50. The molecule has 5 nitrogen and oxygen atoms in total. The van der Waals surface area contributed by atoms with Crippen molar-refractivity contribution in [2.45, 2.75) is 13.8 Å². The number of nitrogens with one attached hydrogen (secondary N) is 1. The summed E-state index contributed by atoms with van der Waals surface area (Å²) < 4.78 is 5.87. The van der Waals surface area contributed by atoms with Crippen molar-refractivity contribution < 1.29 is 4.74 Å². The molecule has 0 atom stereocenters. The molecule has 0 radical (unpaired) electrons. The molecule has 17 heavy (non-hydrogen) atoms. The van der Waals surface area contributed by atoms with E-state index < -0.39 is 0 Å². The fraction of sp³-hybridized carbons (Fsp3) is 0.636. The minimum Gasteiger partial charge on any atom is -0.480 e. The minimum atomic E-state index is 0.547. The van der Waals surface area contributed by atoms with Crippen LogP contribution in [0.25, 0.3) is 0 Å². The highest BCUT2D eigenvalue weighted by atomic mass is 79.9. The van der Waals surface area contributed by atoms with E-state index in [-0.39, 0.29) is 0 Å². The van der Waals surface area contributed by atoms with Gasteiger partial charge in [-0.3, -0.25) is 0 Å². The van der Waals surface area contributed by atoms with Gasteiger partial charge in [0.25, 0.3) is 0 Å². The summed E-state index contributed by atoms with van der Waals surface area (Å²) in [4.78, 5) is 10.7. The summed E-state index contributed by atoms with van der Waals surface area (Å²) in [5.41, 5.74) is 0. The van der Waals surface area contributed by atoms with Crippen LogP contribution in [0.5, 0.6) is 5.88 Å². The molecule has 1 rings (SSSR count). The average molecular weight is 303 g/mol. The normalized spacial score (nSPS) is 10.6. The lowest BCUT2D eigenvalue weighted by atomic mass is 10.4. The number of hydrogen-bond donors (Lipinski definition) is 1. The van der Waals surface area contributed by atoms with Gasteiger partial charge in [0, 0.05) is 13.1 Å². The van der Waals surface area contributed by atoms with E-state index in [1.165, 1.54) is 0 Å². The first-order valence-electron chi connectivity index (χ1n) is 5.74. The minimum absolute atomic E-state index is 0.547. The molecule has 1 aromatic heterocycles. The highest BCUT2D eigenvalue weighted by molar-refractivity contribution is 9.10. The Kier molecular flexibility index (Phi) is 6.21. The largest absolute Gasteiger partial charge is 0.480 e. The molecule has 0 bridgehead atoms. The number of methoxy groups -OCH3 is 1. The van der Waals surface area contributed by atoms with Crippen LogP contribution in [-0.4, -0.2) is 48.2 Å². The molecular formula is C11H19BrN4O. The van der Waals surface area contributed by atoms with Crippen molar-refractivity contribution in [2.75, 3.05) is 38.6 Å². The number of aromatic nitrogens is 2. The maximum Gasteiger partial charge on any atom is 0.232 e. The third-order valence-electron chi connectivity index (χ3n) is 2.51. The molecule has 0 spiro atoms. The van der Waals surface area contributed by atoms with Crippen molar-refractivity contribution in [3.05, 3.63) is 10.7 Å². The van der Waals surface area contributed by atoms with E-state index in [4.69, 9.17) is 4.74 Å². The second-order valence-corrected chi connectivity index (χ2v) is 4.36. The van der Waals surface area contributed by atoms with Crippen molar-refractivity contribution in [1.82, 2.24) is 14.9 Å². The summed E-state index contributed by atoms with van der Waals surface area (Å²) in [5.74, 6) is 1.14. The molecule has 0 aliphatic rings. The molecule has 0 amide bonds. The quantitative estimate of drug-likeness (QED) is 0.835.